The molecule has 0 aliphatic carbocycles. The Morgan fingerprint density at radius 2 is 2.21 bits per heavy atom. The number of oxazole rings is 1. The topological polar surface area (TPSA) is 26.0 Å². The molecule has 2 nitrogen and oxygen atoms in total. The highest BCUT2D eigenvalue weighted by atomic mass is 35.5. The van der Waals surface area contributed by atoms with Gasteiger partial charge >= 0.3 is 0 Å². The van der Waals surface area contributed by atoms with Crippen LogP contribution in [0.5, 0.6) is 0 Å². The maximum absolute atomic E-state index is 5.74. The molecule has 0 amide bonds. The Labute approximate surface area is 87.9 Å². The van der Waals surface area contributed by atoms with Gasteiger partial charge in [-0.25, -0.2) is 4.98 Å². The SMILES string of the molecule is CC(C)c1nc2cc(CCl)ccc2o1. The van der Waals surface area contributed by atoms with Crippen LogP contribution in [0.15, 0.2) is 22.6 Å². The summed E-state index contributed by atoms with van der Waals surface area (Å²) < 4.78 is 5.57. The summed E-state index contributed by atoms with van der Waals surface area (Å²) in [5.74, 6) is 1.62. The van der Waals surface area contributed by atoms with E-state index in [0.717, 1.165) is 22.6 Å². The van der Waals surface area contributed by atoms with Gasteiger partial charge in [-0.3, -0.25) is 0 Å². The van der Waals surface area contributed by atoms with Crippen LogP contribution < -0.4 is 0 Å². The number of hydrogen-bond acceptors (Lipinski definition) is 2. The fourth-order valence-corrected chi connectivity index (χ4v) is 1.49. The van der Waals surface area contributed by atoms with Crippen molar-refractivity contribution in [3.05, 3.63) is 29.7 Å². The van der Waals surface area contributed by atoms with Gasteiger partial charge in [-0.2, -0.15) is 0 Å². The molecule has 0 N–H and O–H groups in total. The summed E-state index contributed by atoms with van der Waals surface area (Å²) >= 11 is 5.74. The first-order valence-electron chi connectivity index (χ1n) is 4.66. The van der Waals surface area contributed by atoms with Gasteiger partial charge in [0.25, 0.3) is 0 Å². The predicted octanol–water partition coefficient (Wildman–Crippen LogP) is 3.69. The van der Waals surface area contributed by atoms with E-state index < -0.39 is 0 Å². The quantitative estimate of drug-likeness (QED) is 0.705. The molecule has 1 heterocycles. The fourth-order valence-electron chi connectivity index (χ4n) is 1.32. The first-order valence-corrected chi connectivity index (χ1v) is 5.19. The molecule has 0 saturated carbocycles. The number of halogens is 1. The molecule has 0 aliphatic heterocycles. The molecule has 1 aromatic heterocycles. The Kier molecular flexibility index (Phi) is 2.46. The van der Waals surface area contributed by atoms with Crippen molar-refractivity contribution in [1.82, 2.24) is 4.98 Å². The van der Waals surface area contributed by atoms with E-state index >= 15 is 0 Å². The van der Waals surface area contributed by atoms with E-state index in [1.165, 1.54) is 0 Å². The lowest BCUT2D eigenvalue weighted by atomic mass is 10.2. The van der Waals surface area contributed by atoms with Crippen LogP contribution in [0.4, 0.5) is 0 Å². The average Bonchev–Trinajstić information content (AvgIpc) is 2.59. The second-order valence-electron chi connectivity index (χ2n) is 3.64. The lowest BCUT2D eigenvalue weighted by Crippen LogP contribution is -1.84. The average molecular weight is 210 g/mol. The predicted molar refractivity (Wildman–Crippen MR) is 57.7 cm³/mol. The van der Waals surface area contributed by atoms with Crippen molar-refractivity contribution in [2.75, 3.05) is 0 Å². The minimum atomic E-state index is 0.321. The Hall–Kier alpha value is -1.02. The fraction of sp³-hybridized carbons (Fsp3) is 0.364. The second-order valence-corrected chi connectivity index (χ2v) is 3.91. The largest absolute Gasteiger partial charge is 0.440 e. The van der Waals surface area contributed by atoms with Gasteiger partial charge in [0.2, 0.25) is 0 Å². The van der Waals surface area contributed by atoms with Gasteiger partial charge < -0.3 is 4.42 Å². The van der Waals surface area contributed by atoms with E-state index in [1.807, 2.05) is 18.2 Å². The van der Waals surface area contributed by atoms with E-state index in [1.54, 1.807) is 0 Å². The standard InChI is InChI=1S/C11H12ClNO/c1-7(2)11-13-9-5-8(6-12)3-4-10(9)14-11/h3-5,7H,6H2,1-2H3. The zero-order valence-electron chi connectivity index (χ0n) is 8.25. The molecule has 1 aromatic carbocycles. The van der Waals surface area contributed by atoms with Crippen LogP contribution in [0.3, 0.4) is 0 Å². The summed E-state index contributed by atoms with van der Waals surface area (Å²) in [6, 6.07) is 5.86. The first-order chi connectivity index (χ1) is 6.70. The Bertz CT molecular complexity index is 447. The minimum Gasteiger partial charge on any atom is -0.440 e. The summed E-state index contributed by atoms with van der Waals surface area (Å²) in [6.45, 7) is 4.13. The highest BCUT2D eigenvalue weighted by Crippen LogP contribution is 2.22. The third kappa shape index (κ3) is 1.62. The molecule has 0 atom stereocenters. The Morgan fingerprint density at radius 3 is 2.86 bits per heavy atom. The van der Waals surface area contributed by atoms with Gasteiger partial charge in [0.1, 0.15) is 5.52 Å². The second kappa shape index (κ2) is 3.62. The highest BCUT2D eigenvalue weighted by molar-refractivity contribution is 6.17. The molecule has 14 heavy (non-hydrogen) atoms. The molecule has 0 saturated heterocycles. The summed E-state index contributed by atoms with van der Waals surface area (Å²) in [5.41, 5.74) is 2.80. The number of rotatable bonds is 2. The van der Waals surface area contributed by atoms with Gasteiger partial charge in [0.15, 0.2) is 11.5 Å². The van der Waals surface area contributed by atoms with E-state index in [9.17, 15) is 0 Å². The number of fused-ring (bicyclic) bond motifs is 1. The van der Waals surface area contributed by atoms with Crippen molar-refractivity contribution in [1.29, 1.82) is 0 Å². The Morgan fingerprint density at radius 1 is 1.43 bits per heavy atom. The smallest absolute Gasteiger partial charge is 0.198 e. The zero-order valence-corrected chi connectivity index (χ0v) is 9.01. The van der Waals surface area contributed by atoms with Gasteiger partial charge in [-0.1, -0.05) is 19.9 Å². The van der Waals surface area contributed by atoms with E-state index in [4.69, 9.17) is 16.0 Å². The van der Waals surface area contributed by atoms with Crippen LogP contribution in [0.1, 0.15) is 31.2 Å². The molecule has 0 bridgehead atoms. The third-order valence-corrected chi connectivity index (χ3v) is 2.43. The molecule has 2 rings (SSSR count). The molecular formula is C11H12ClNO. The summed E-state index contributed by atoms with van der Waals surface area (Å²) in [7, 11) is 0. The molecule has 0 radical (unpaired) electrons. The summed E-state index contributed by atoms with van der Waals surface area (Å²) in [6.07, 6.45) is 0. The van der Waals surface area contributed by atoms with Crippen LogP contribution in [0.25, 0.3) is 11.1 Å². The first kappa shape index (κ1) is 9.53. The van der Waals surface area contributed by atoms with Crippen molar-refractivity contribution < 1.29 is 4.42 Å². The minimum absolute atomic E-state index is 0.321. The van der Waals surface area contributed by atoms with Gasteiger partial charge in [0.05, 0.1) is 0 Å². The molecule has 0 unspecified atom stereocenters. The molecule has 2 aromatic rings. The van der Waals surface area contributed by atoms with Crippen LogP contribution >= 0.6 is 11.6 Å². The molecular weight excluding hydrogens is 198 g/mol. The molecule has 0 spiro atoms. The Balaban J connectivity index is 2.54. The maximum Gasteiger partial charge on any atom is 0.198 e. The van der Waals surface area contributed by atoms with Crippen molar-refractivity contribution in [3.8, 4) is 0 Å². The van der Waals surface area contributed by atoms with Crippen molar-refractivity contribution in [2.45, 2.75) is 25.6 Å². The van der Waals surface area contributed by atoms with Crippen LogP contribution in [0, 0.1) is 0 Å². The van der Waals surface area contributed by atoms with Crippen molar-refractivity contribution in [2.24, 2.45) is 0 Å². The number of alkyl halides is 1. The number of aromatic nitrogens is 1. The zero-order chi connectivity index (χ0) is 10.1. The van der Waals surface area contributed by atoms with Gasteiger partial charge in [-0.05, 0) is 17.7 Å². The van der Waals surface area contributed by atoms with E-state index in [-0.39, 0.29) is 0 Å². The molecule has 3 heteroatoms. The summed E-state index contributed by atoms with van der Waals surface area (Å²) in [4.78, 5) is 4.40. The van der Waals surface area contributed by atoms with Gasteiger partial charge in [0, 0.05) is 11.8 Å². The van der Waals surface area contributed by atoms with Crippen molar-refractivity contribution >= 4 is 22.7 Å². The summed E-state index contributed by atoms with van der Waals surface area (Å²) in [5, 5.41) is 0. The van der Waals surface area contributed by atoms with Gasteiger partial charge in [-0.15, -0.1) is 11.6 Å². The van der Waals surface area contributed by atoms with Crippen LogP contribution in [0.2, 0.25) is 0 Å². The van der Waals surface area contributed by atoms with E-state index in [0.29, 0.717) is 11.8 Å². The highest BCUT2D eigenvalue weighted by Gasteiger charge is 2.08. The maximum atomic E-state index is 5.74. The normalized spacial score (nSPS) is 11.4. The molecule has 0 fully saturated rings. The van der Waals surface area contributed by atoms with Crippen LogP contribution in [-0.4, -0.2) is 4.98 Å². The van der Waals surface area contributed by atoms with Crippen LogP contribution in [-0.2, 0) is 5.88 Å². The number of nitrogens with zero attached hydrogens (tertiary/aromatic N) is 1. The lowest BCUT2D eigenvalue weighted by Gasteiger charge is -1.93. The monoisotopic (exact) mass is 209 g/mol. The number of hydrogen-bond donors (Lipinski definition) is 0. The number of benzene rings is 1. The molecule has 74 valence electrons. The molecule has 0 aliphatic rings. The lowest BCUT2D eigenvalue weighted by molar-refractivity contribution is 0.501. The van der Waals surface area contributed by atoms with E-state index in [2.05, 4.69) is 18.8 Å². The third-order valence-electron chi connectivity index (χ3n) is 2.12. The van der Waals surface area contributed by atoms with Crippen molar-refractivity contribution in [3.63, 3.8) is 0 Å².